The van der Waals surface area contributed by atoms with Crippen molar-refractivity contribution in [2.24, 2.45) is 5.10 Å². The second-order valence-electron chi connectivity index (χ2n) is 9.05. The molecule has 170 valence electrons. The lowest BCUT2D eigenvalue weighted by Crippen LogP contribution is -2.38. The van der Waals surface area contributed by atoms with E-state index in [9.17, 15) is 5.11 Å². The summed E-state index contributed by atoms with van der Waals surface area (Å²) in [6.07, 6.45) is 5.34. The van der Waals surface area contributed by atoms with Gasteiger partial charge >= 0.3 is 0 Å². The van der Waals surface area contributed by atoms with Crippen LogP contribution in [0, 0.1) is 6.92 Å². The van der Waals surface area contributed by atoms with Crippen molar-refractivity contribution >= 4 is 17.2 Å². The van der Waals surface area contributed by atoms with Gasteiger partial charge in [-0.05, 0) is 63.9 Å². The first-order valence-electron chi connectivity index (χ1n) is 11.2. The van der Waals surface area contributed by atoms with E-state index in [-0.39, 0.29) is 12.1 Å². The largest absolute Gasteiger partial charge is 0.482 e. The molecule has 3 aromatic rings. The van der Waals surface area contributed by atoms with Crippen LogP contribution in [0.15, 0.2) is 60.0 Å². The van der Waals surface area contributed by atoms with Crippen LogP contribution in [0.2, 0.25) is 0 Å². The quantitative estimate of drug-likeness (QED) is 0.597. The summed E-state index contributed by atoms with van der Waals surface area (Å²) in [4.78, 5) is 13.4. The second-order valence-corrected chi connectivity index (χ2v) is 9.05. The third-order valence-electron chi connectivity index (χ3n) is 5.93. The molecule has 0 amide bonds. The highest BCUT2D eigenvalue weighted by Gasteiger charge is 2.42. The Balaban J connectivity index is 1.38. The summed E-state index contributed by atoms with van der Waals surface area (Å²) in [6, 6.07) is 13.6. The molecule has 2 N–H and O–H groups in total. The zero-order valence-electron chi connectivity index (χ0n) is 19.1. The first-order valence-corrected chi connectivity index (χ1v) is 11.2. The SMILES string of the molecule is Cc1cccc(C2=NN3CCCC3C2Oc2ccnc(Nc3ccnc(C(C)(C)O)c3)c2)n1. The maximum atomic E-state index is 10.2. The van der Waals surface area contributed by atoms with E-state index in [1.165, 1.54) is 0 Å². The highest BCUT2D eigenvalue weighted by molar-refractivity contribution is 6.04. The Labute approximate surface area is 193 Å². The van der Waals surface area contributed by atoms with Crippen molar-refractivity contribution in [1.82, 2.24) is 20.0 Å². The first kappa shape index (κ1) is 21.3. The van der Waals surface area contributed by atoms with Gasteiger partial charge in [0.15, 0.2) is 6.10 Å². The molecule has 5 heterocycles. The Kier molecular flexibility index (Phi) is 5.46. The van der Waals surface area contributed by atoms with E-state index >= 15 is 0 Å². The Hall–Kier alpha value is -3.52. The highest BCUT2D eigenvalue weighted by atomic mass is 16.5. The van der Waals surface area contributed by atoms with E-state index in [4.69, 9.17) is 9.84 Å². The van der Waals surface area contributed by atoms with Crippen LogP contribution in [0.5, 0.6) is 5.75 Å². The van der Waals surface area contributed by atoms with E-state index in [2.05, 4.69) is 25.3 Å². The van der Waals surface area contributed by atoms with E-state index in [0.717, 1.165) is 42.2 Å². The number of rotatable bonds is 6. The van der Waals surface area contributed by atoms with Gasteiger partial charge in [0.1, 0.15) is 22.9 Å². The molecule has 2 aliphatic rings. The molecule has 2 aliphatic heterocycles. The molecule has 8 heteroatoms. The highest BCUT2D eigenvalue weighted by Crippen LogP contribution is 2.32. The molecule has 0 bridgehead atoms. The normalized spacial score (nSPS) is 19.9. The lowest BCUT2D eigenvalue weighted by atomic mass is 10.0. The van der Waals surface area contributed by atoms with Crippen LogP contribution < -0.4 is 10.1 Å². The monoisotopic (exact) mass is 444 g/mol. The summed E-state index contributed by atoms with van der Waals surface area (Å²) in [7, 11) is 0. The fourth-order valence-corrected chi connectivity index (χ4v) is 4.29. The summed E-state index contributed by atoms with van der Waals surface area (Å²) in [5.41, 5.74) is 3.04. The fraction of sp³-hybridized carbons (Fsp3) is 0.360. The van der Waals surface area contributed by atoms with Crippen LogP contribution in [0.25, 0.3) is 0 Å². The van der Waals surface area contributed by atoms with Crippen LogP contribution in [0.1, 0.15) is 43.8 Å². The van der Waals surface area contributed by atoms with Gasteiger partial charge < -0.3 is 15.2 Å². The van der Waals surface area contributed by atoms with E-state index in [0.29, 0.717) is 17.3 Å². The third-order valence-corrected chi connectivity index (χ3v) is 5.93. The van der Waals surface area contributed by atoms with Gasteiger partial charge in [0.05, 0.1) is 17.4 Å². The van der Waals surface area contributed by atoms with Gasteiger partial charge in [-0.25, -0.2) is 4.98 Å². The lowest BCUT2D eigenvalue weighted by Gasteiger charge is -2.22. The molecular weight excluding hydrogens is 416 g/mol. The number of nitrogens with zero attached hydrogens (tertiary/aromatic N) is 5. The molecule has 3 aromatic heterocycles. The summed E-state index contributed by atoms with van der Waals surface area (Å²) in [5, 5.41) is 20.5. The van der Waals surface area contributed by atoms with Gasteiger partial charge in [-0.3, -0.25) is 15.0 Å². The molecule has 0 saturated carbocycles. The molecule has 5 rings (SSSR count). The minimum atomic E-state index is -1.02. The van der Waals surface area contributed by atoms with Crippen LogP contribution in [-0.4, -0.2) is 49.5 Å². The molecule has 0 aromatic carbocycles. The van der Waals surface area contributed by atoms with Crippen molar-refractivity contribution < 1.29 is 9.84 Å². The van der Waals surface area contributed by atoms with Crippen molar-refractivity contribution in [3.63, 3.8) is 0 Å². The predicted octanol–water partition coefficient (Wildman–Crippen LogP) is 3.78. The average Bonchev–Trinajstić information content (AvgIpc) is 3.36. The zero-order chi connectivity index (χ0) is 23.0. The lowest BCUT2D eigenvalue weighted by molar-refractivity contribution is 0.0739. The summed E-state index contributed by atoms with van der Waals surface area (Å²) in [6.45, 7) is 6.34. The molecule has 2 atom stereocenters. The Morgan fingerprint density at radius 1 is 1.12 bits per heavy atom. The fourth-order valence-electron chi connectivity index (χ4n) is 4.29. The topological polar surface area (TPSA) is 95.8 Å². The van der Waals surface area contributed by atoms with Crippen LogP contribution in [-0.2, 0) is 5.60 Å². The van der Waals surface area contributed by atoms with Gasteiger partial charge in [-0.2, -0.15) is 5.10 Å². The minimum absolute atomic E-state index is 0.195. The van der Waals surface area contributed by atoms with Crippen LogP contribution in [0.4, 0.5) is 11.5 Å². The maximum Gasteiger partial charge on any atom is 0.166 e. The van der Waals surface area contributed by atoms with Crippen molar-refractivity contribution in [2.75, 3.05) is 11.9 Å². The van der Waals surface area contributed by atoms with Gasteiger partial charge in [-0.1, -0.05) is 6.07 Å². The number of hydrazone groups is 1. The van der Waals surface area contributed by atoms with E-state index in [1.54, 1.807) is 26.2 Å². The molecule has 0 radical (unpaired) electrons. The number of fused-ring (bicyclic) bond motifs is 1. The first-order chi connectivity index (χ1) is 15.9. The molecule has 0 spiro atoms. The molecule has 1 fully saturated rings. The summed E-state index contributed by atoms with van der Waals surface area (Å²) < 4.78 is 6.51. The summed E-state index contributed by atoms with van der Waals surface area (Å²) >= 11 is 0. The summed E-state index contributed by atoms with van der Waals surface area (Å²) in [5.74, 6) is 1.36. The van der Waals surface area contributed by atoms with E-state index < -0.39 is 5.60 Å². The third kappa shape index (κ3) is 4.52. The van der Waals surface area contributed by atoms with Gasteiger partial charge in [-0.15, -0.1) is 0 Å². The van der Waals surface area contributed by atoms with Crippen molar-refractivity contribution in [1.29, 1.82) is 0 Å². The predicted molar refractivity (Wildman–Crippen MR) is 127 cm³/mol. The number of aryl methyl sites for hydroxylation is 1. The van der Waals surface area contributed by atoms with Gasteiger partial charge in [0.25, 0.3) is 0 Å². The number of aromatic nitrogens is 3. The number of anilines is 2. The Morgan fingerprint density at radius 3 is 2.79 bits per heavy atom. The second kappa shape index (κ2) is 8.44. The van der Waals surface area contributed by atoms with Crippen molar-refractivity contribution in [3.8, 4) is 5.75 Å². The van der Waals surface area contributed by atoms with E-state index in [1.807, 2.05) is 49.4 Å². The van der Waals surface area contributed by atoms with Gasteiger partial charge in [0.2, 0.25) is 0 Å². The average molecular weight is 445 g/mol. The smallest absolute Gasteiger partial charge is 0.166 e. The molecule has 0 aliphatic carbocycles. The molecular formula is C25H28N6O2. The maximum absolute atomic E-state index is 10.2. The minimum Gasteiger partial charge on any atom is -0.482 e. The number of hydrogen-bond acceptors (Lipinski definition) is 8. The molecule has 8 nitrogen and oxygen atoms in total. The molecule has 33 heavy (non-hydrogen) atoms. The molecule has 2 unspecified atom stereocenters. The van der Waals surface area contributed by atoms with Crippen molar-refractivity contribution in [3.05, 3.63) is 71.9 Å². The van der Waals surface area contributed by atoms with Gasteiger partial charge in [0, 0.05) is 36.4 Å². The number of nitrogens with one attached hydrogen (secondary N) is 1. The van der Waals surface area contributed by atoms with Crippen molar-refractivity contribution in [2.45, 2.75) is 51.4 Å². The zero-order valence-corrected chi connectivity index (χ0v) is 19.1. The Morgan fingerprint density at radius 2 is 1.97 bits per heavy atom. The Bertz CT molecular complexity index is 1190. The number of hydrogen-bond donors (Lipinski definition) is 2. The standard InChI is InChI=1S/C25H28N6O2/c1-16-6-4-7-19(28-16)23-24(20-8-5-13-31(20)30-23)33-18-10-12-27-22(15-18)29-17-9-11-26-21(14-17)25(2,3)32/h4,6-7,9-12,14-15,20,24,32H,5,8,13H2,1-3H3,(H,26,27,29). The molecule has 1 saturated heterocycles. The number of aliphatic hydroxyl groups is 1. The van der Waals surface area contributed by atoms with Crippen LogP contribution >= 0.6 is 0 Å². The van der Waals surface area contributed by atoms with Crippen LogP contribution in [0.3, 0.4) is 0 Å². The number of pyridine rings is 3. The number of ether oxygens (including phenoxy) is 1.